The van der Waals surface area contributed by atoms with E-state index in [4.69, 9.17) is 5.11 Å². The molecule has 11 heavy (non-hydrogen) atoms. The van der Waals surface area contributed by atoms with Crippen LogP contribution in [-0.4, -0.2) is 27.6 Å². The monoisotopic (exact) mass is 155 g/mol. The third kappa shape index (κ3) is 8.51. The molecule has 0 amide bonds. The summed E-state index contributed by atoms with van der Waals surface area (Å²) in [6.45, 7) is -0.278. The van der Waals surface area contributed by atoms with Crippen molar-refractivity contribution in [1.29, 1.82) is 0 Å². The molecule has 0 aliphatic carbocycles. The topological polar surface area (TPSA) is 89.1 Å². The molecule has 5 heteroatoms. The van der Waals surface area contributed by atoms with Gasteiger partial charge in [0.2, 0.25) is 0 Å². The molecule has 5 nitrogen and oxygen atoms in total. The second kappa shape index (κ2) is 6.63. The van der Waals surface area contributed by atoms with Crippen LogP contribution in [0.3, 0.4) is 0 Å². The van der Waals surface area contributed by atoms with Crippen LogP contribution >= 0.6 is 0 Å². The summed E-state index contributed by atoms with van der Waals surface area (Å²) in [6.07, 6.45) is 6.56. The first-order chi connectivity index (χ1) is 5.27. The van der Waals surface area contributed by atoms with Gasteiger partial charge in [-0.2, -0.15) is 0 Å². The number of nitrogens with zero attached hydrogens (tertiary/aromatic N) is 2. The quantitative estimate of drug-likeness (QED) is 0.571. The van der Waals surface area contributed by atoms with Gasteiger partial charge in [-0.15, -0.1) is 0 Å². The zero-order valence-corrected chi connectivity index (χ0v) is 5.84. The Labute approximate surface area is 63.9 Å². The summed E-state index contributed by atoms with van der Waals surface area (Å²) in [5.41, 5.74) is 4.57. The predicted octanol–water partition coefficient (Wildman–Crippen LogP) is -0.494. The third-order valence-electron chi connectivity index (χ3n) is 0.652. The van der Waals surface area contributed by atoms with E-state index >= 15 is 0 Å². The average Bonchev–Trinajstić information content (AvgIpc) is 2.09. The Morgan fingerprint density at radius 1 is 1.27 bits per heavy atom. The molecule has 1 heterocycles. The highest BCUT2D eigenvalue weighted by atomic mass is 16.4. The van der Waals surface area contributed by atoms with E-state index in [2.05, 4.69) is 15.7 Å². The molecule has 0 aliphatic heterocycles. The van der Waals surface area contributed by atoms with Crippen LogP contribution in [0, 0.1) is 0 Å². The molecule has 0 unspecified atom stereocenters. The molecule has 0 aliphatic rings. The van der Waals surface area contributed by atoms with Crippen molar-refractivity contribution in [3.63, 3.8) is 0 Å². The Balaban J connectivity index is 0.000000187. The number of aromatic nitrogens is 2. The van der Waals surface area contributed by atoms with Crippen LogP contribution in [0.4, 0.5) is 0 Å². The summed E-state index contributed by atoms with van der Waals surface area (Å²) in [5, 5.41) is 7.60. The Bertz CT molecular complexity index is 164. The van der Waals surface area contributed by atoms with Crippen LogP contribution in [0.1, 0.15) is 0 Å². The van der Waals surface area contributed by atoms with Gasteiger partial charge in [0.05, 0.1) is 6.54 Å². The molecule has 0 aromatic carbocycles. The number of carbonyl (C=O) groups is 1. The lowest BCUT2D eigenvalue weighted by Crippen LogP contribution is -2.10. The summed E-state index contributed by atoms with van der Waals surface area (Å²) in [6, 6.07) is 0. The minimum Gasteiger partial charge on any atom is -0.480 e. The van der Waals surface area contributed by atoms with Crippen LogP contribution in [-0.2, 0) is 4.79 Å². The van der Waals surface area contributed by atoms with Crippen LogP contribution < -0.4 is 5.73 Å². The maximum Gasteiger partial charge on any atom is 0.317 e. The second-order valence-electron chi connectivity index (χ2n) is 1.49. The zero-order chi connectivity index (χ0) is 8.53. The fraction of sp³-hybridized carbons (Fsp3) is 0.167. The molecule has 0 fully saturated rings. The number of aliphatic carboxylic acids is 1. The number of carboxylic acid groups (broad SMARTS) is 1. The van der Waals surface area contributed by atoms with E-state index in [0.29, 0.717) is 0 Å². The van der Waals surface area contributed by atoms with E-state index in [0.717, 1.165) is 0 Å². The maximum atomic E-state index is 9.24. The summed E-state index contributed by atoms with van der Waals surface area (Å²) in [7, 11) is 0. The van der Waals surface area contributed by atoms with Gasteiger partial charge in [-0.25, -0.2) is 0 Å². The van der Waals surface area contributed by atoms with Gasteiger partial charge in [0, 0.05) is 24.8 Å². The van der Waals surface area contributed by atoms with E-state index in [1.54, 1.807) is 24.8 Å². The lowest BCUT2D eigenvalue weighted by Gasteiger charge is -1.73. The highest BCUT2D eigenvalue weighted by Crippen LogP contribution is 1.65. The second-order valence-corrected chi connectivity index (χ2v) is 1.49. The van der Waals surface area contributed by atoms with Crippen LogP contribution in [0.25, 0.3) is 0 Å². The molecular weight excluding hydrogens is 146 g/mol. The Hall–Kier alpha value is -1.49. The van der Waals surface area contributed by atoms with E-state index in [1.807, 2.05) is 0 Å². The molecule has 0 saturated heterocycles. The van der Waals surface area contributed by atoms with Gasteiger partial charge in [0.1, 0.15) is 0 Å². The highest BCUT2D eigenvalue weighted by molar-refractivity contribution is 5.68. The van der Waals surface area contributed by atoms with Gasteiger partial charge in [0.15, 0.2) is 0 Å². The van der Waals surface area contributed by atoms with Crippen molar-refractivity contribution in [1.82, 2.24) is 9.97 Å². The molecular formula is C6H9N3O2. The van der Waals surface area contributed by atoms with E-state index in [9.17, 15) is 4.79 Å². The maximum absolute atomic E-state index is 9.24. The van der Waals surface area contributed by atoms with Crippen molar-refractivity contribution < 1.29 is 9.90 Å². The summed E-state index contributed by atoms with van der Waals surface area (Å²) < 4.78 is 0. The normalized spacial score (nSPS) is 7.73. The Kier molecular flexibility index (Phi) is 5.73. The van der Waals surface area contributed by atoms with Crippen molar-refractivity contribution in [3.05, 3.63) is 24.8 Å². The van der Waals surface area contributed by atoms with Gasteiger partial charge in [-0.05, 0) is 0 Å². The summed E-state index contributed by atoms with van der Waals surface area (Å²) in [5.74, 6) is -0.968. The van der Waals surface area contributed by atoms with Gasteiger partial charge >= 0.3 is 5.97 Å². The molecule has 60 valence electrons. The lowest BCUT2D eigenvalue weighted by molar-refractivity contribution is -0.135. The number of hydrogen-bond donors (Lipinski definition) is 2. The molecule has 1 aromatic rings. The van der Waals surface area contributed by atoms with E-state index < -0.39 is 5.97 Å². The van der Waals surface area contributed by atoms with Crippen molar-refractivity contribution in [2.45, 2.75) is 0 Å². The van der Waals surface area contributed by atoms with Crippen molar-refractivity contribution in [3.8, 4) is 0 Å². The van der Waals surface area contributed by atoms with Crippen molar-refractivity contribution >= 4 is 5.97 Å². The van der Waals surface area contributed by atoms with E-state index in [1.165, 1.54) is 0 Å². The Morgan fingerprint density at radius 2 is 1.55 bits per heavy atom. The largest absolute Gasteiger partial charge is 0.480 e. The van der Waals surface area contributed by atoms with E-state index in [-0.39, 0.29) is 6.54 Å². The van der Waals surface area contributed by atoms with Crippen molar-refractivity contribution in [2.24, 2.45) is 5.73 Å². The molecule has 1 rings (SSSR count). The first-order valence-electron chi connectivity index (χ1n) is 2.89. The highest BCUT2D eigenvalue weighted by Gasteiger charge is 1.81. The van der Waals surface area contributed by atoms with Gasteiger partial charge < -0.3 is 10.8 Å². The van der Waals surface area contributed by atoms with Gasteiger partial charge in [-0.1, -0.05) is 0 Å². The number of nitrogens with two attached hydrogens (primary N) is 1. The minimum absolute atomic E-state index is 0.278. The zero-order valence-electron chi connectivity index (χ0n) is 5.84. The van der Waals surface area contributed by atoms with Crippen LogP contribution in [0.15, 0.2) is 24.8 Å². The number of hydrogen-bond acceptors (Lipinski definition) is 4. The third-order valence-corrected chi connectivity index (χ3v) is 0.652. The standard InChI is InChI=1S/C4H4N2.C2H5NO2/c1-2-6-4-3-5-1;3-1-2(4)5/h1-4H;1,3H2,(H,4,5). The fourth-order valence-corrected chi connectivity index (χ4v) is 0.253. The molecule has 3 N–H and O–H groups in total. The first-order valence-corrected chi connectivity index (χ1v) is 2.89. The molecule has 0 bridgehead atoms. The molecule has 0 saturated carbocycles. The molecule has 0 spiro atoms. The SMILES string of the molecule is NCC(=O)O.c1cnccn1. The minimum atomic E-state index is -0.968. The Morgan fingerprint density at radius 3 is 1.64 bits per heavy atom. The first kappa shape index (κ1) is 9.51. The fourth-order valence-electron chi connectivity index (χ4n) is 0.253. The van der Waals surface area contributed by atoms with Crippen molar-refractivity contribution in [2.75, 3.05) is 6.54 Å². The summed E-state index contributed by atoms with van der Waals surface area (Å²) >= 11 is 0. The van der Waals surface area contributed by atoms with Gasteiger partial charge in [-0.3, -0.25) is 14.8 Å². The van der Waals surface area contributed by atoms with Crippen LogP contribution in [0.5, 0.6) is 0 Å². The molecule has 0 radical (unpaired) electrons. The number of rotatable bonds is 1. The lowest BCUT2D eigenvalue weighted by atomic mass is 10.7. The summed E-state index contributed by atoms with van der Waals surface area (Å²) in [4.78, 5) is 16.7. The number of carboxylic acids is 1. The smallest absolute Gasteiger partial charge is 0.317 e. The molecule has 1 aromatic heterocycles. The molecule has 0 atom stereocenters. The average molecular weight is 155 g/mol. The van der Waals surface area contributed by atoms with Gasteiger partial charge in [0.25, 0.3) is 0 Å². The predicted molar refractivity (Wildman–Crippen MR) is 38.7 cm³/mol. The van der Waals surface area contributed by atoms with Crippen LogP contribution in [0.2, 0.25) is 0 Å².